The van der Waals surface area contributed by atoms with Crippen molar-refractivity contribution in [2.75, 3.05) is 13.7 Å². The van der Waals surface area contributed by atoms with Crippen LogP contribution in [0, 0.1) is 0 Å². The number of furan rings is 1. The van der Waals surface area contributed by atoms with Crippen LogP contribution in [-0.4, -0.2) is 25.8 Å². The molecule has 6 nitrogen and oxygen atoms in total. The van der Waals surface area contributed by atoms with Gasteiger partial charge < -0.3 is 19.2 Å². The Morgan fingerprint density at radius 2 is 1.81 bits per heavy atom. The molecule has 1 N–H and O–H groups in total. The summed E-state index contributed by atoms with van der Waals surface area (Å²) in [5, 5.41) is 2.73. The van der Waals surface area contributed by atoms with Crippen LogP contribution >= 0.6 is 0 Å². The van der Waals surface area contributed by atoms with Crippen molar-refractivity contribution in [2.24, 2.45) is 4.99 Å². The highest BCUT2D eigenvalue weighted by atomic mass is 16.5. The summed E-state index contributed by atoms with van der Waals surface area (Å²) in [4.78, 5) is 16.2. The average molecular weight is 364 g/mol. The average Bonchev–Trinajstić information content (AvgIpc) is 3.24. The molecule has 1 heterocycles. The minimum absolute atomic E-state index is 0.0556. The van der Waals surface area contributed by atoms with Gasteiger partial charge in [-0.05, 0) is 66.2 Å². The van der Waals surface area contributed by atoms with E-state index >= 15 is 0 Å². The van der Waals surface area contributed by atoms with Gasteiger partial charge in [0.15, 0.2) is 6.61 Å². The molecule has 0 unspecified atom stereocenters. The molecule has 0 bridgehead atoms. The second kappa shape index (κ2) is 9.24. The highest BCUT2D eigenvalue weighted by Gasteiger charge is 2.04. The zero-order valence-corrected chi connectivity index (χ0v) is 14.9. The Hall–Kier alpha value is -3.54. The molecule has 0 saturated heterocycles. The van der Waals surface area contributed by atoms with Crippen molar-refractivity contribution < 1.29 is 18.7 Å². The van der Waals surface area contributed by atoms with Crippen LogP contribution in [0.1, 0.15) is 11.3 Å². The summed E-state index contributed by atoms with van der Waals surface area (Å²) in [6, 6.07) is 18.4. The van der Waals surface area contributed by atoms with Crippen LogP contribution in [0.3, 0.4) is 0 Å². The molecule has 1 aromatic heterocycles. The number of methoxy groups -OCH3 is 1. The van der Waals surface area contributed by atoms with E-state index in [0.29, 0.717) is 18.1 Å². The standard InChI is InChI=1S/C21H20N2O4/c1-25-18-10-6-17(7-11-18)22-13-16-4-8-19(9-5-16)27-15-21(24)23-14-20-3-2-12-26-20/h2-13H,14-15H2,1H3,(H,23,24). The molecule has 2 aromatic carbocycles. The fourth-order valence-corrected chi connectivity index (χ4v) is 2.27. The van der Waals surface area contributed by atoms with Crippen molar-refractivity contribution in [3.8, 4) is 11.5 Å². The van der Waals surface area contributed by atoms with Gasteiger partial charge in [0.05, 0.1) is 25.6 Å². The quantitative estimate of drug-likeness (QED) is 0.618. The van der Waals surface area contributed by atoms with E-state index in [0.717, 1.165) is 17.0 Å². The fraction of sp³-hybridized carbons (Fsp3) is 0.143. The molecule has 138 valence electrons. The lowest BCUT2D eigenvalue weighted by Crippen LogP contribution is -2.28. The molecule has 0 aliphatic heterocycles. The third-order valence-electron chi connectivity index (χ3n) is 3.73. The van der Waals surface area contributed by atoms with Gasteiger partial charge in [0.25, 0.3) is 5.91 Å². The lowest BCUT2D eigenvalue weighted by atomic mass is 10.2. The minimum Gasteiger partial charge on any atom is -0.497 e. The van der Waals surface area contributed by atoms with Crippen LogP contribution in [0.4, 0.5) is 5.69 Å². The van der Waals surface area contributed by atoms with Crippen LogP contribution in [-0.2, 0) is 11.3 Å². The molecular weight excluding hydrogens is 344 g/mol. The number of nitrogens with zero attached hydrogens (tertiary/aromatic N) is 1. The monoisotopic (exact) mass is 364 g/mol. The fourth-order valence-electron chi connectivity index (χ4n) is 2.27. The zero-order chi connectivity index (χ0) is 18.9. The second-order valence-corrected chi connectivity index (χ2v) is 5.67. The van der Waals surface area contributed by atoms with E-state index in [1.165, 1.54) is 0 Å². The lowest BCUT2D eigenvalue weighted by molar-refractivity contribution is -0.123. The van der Waals surface area contributed by atoms with Crippen molar-refractivity contribution in [2.45, 2.75) is 6.54 Å². The van der Waals surface area contributed by atoms with Gasteiger partial charge in [0.2, 0.25) is 0 Å². The summed E-state index contributed by atoms with van der Waals surface area (Å²) in [5.74, 6) is 1.90. The van der Waals surface area contributed by atoms with Gasteiger partial charge in [-0.3, -0.25) is 9.79 Å². The molecule has 0 radical (unpaired) electrons. The molecule has 0 fully saturated rings. The number of aliphatic imine (C=N–C) groups is 1. The molecule has 0 aliphatic carbocycles. The summed E-state index contributed by atoms with van der Waals surface area (Å²) in [6.45, 7) is 0.288. The zero-order valence-electron chi connectivity index (χ0n) is 14.9. The summed E-state index contributed by atoms with van der Waals surface area (Å²) in [5.41, 5.74) is 1.77. The van der Waals surface area contributed by atoms with E-state index in [2.05, 4.69) is 10.3 Å². The van der Waals surface area contributed by atoms with E-state index in [1.54, 1.807) is 43.9 Å². The molecule has 3 aromatic rings. The maximum atomic E-state index is 11.8. The van der Waals surface area contributed by atoms with E-state index in [9.17, 15) is 4.79 Å². The number of rotatable bonds is 8. The Morgan fingerprint density at radius 1 is 1.07 bits per heavy atom. The van der Waals surface area contributed by atoms with Crippen LogP contribution in [0.25, 0.3) is 0 Å². The maximum Gasteiger partial charge on any atom is 0.258 e. The number of benzene rings is 2. The predicted octanol–water partition coefficient (Wildman–Crippen LogP) is 3.73. The van der Waals surface area contributed by atoms with Crippen molar-refractivity contribution in [3.05, 3.63) is 78.3 Å². The summed E-state index contributed by atoms with van der Waals surface area (Å²) < 4.78 is 15.8. The third-order valence-corrected chi connectivity index (χ3v) is 3.73. The number of carbonyl (C=O) groups is 1. The van der Waals surface area contributed by atoms with Crippen molar-refractivity contribution in [1.82, 2.24) is 5.32 Å². The highest BCUT2D eigenvalue weighted by molar-refractivity contribution is 5.82. The van der Waals surface area contributed by atoms with E-state index in [-0.39, 0.29) is 12.5 Å². The third kappa shape index (κ3) is 5.74. The largest absolute Gasteiger partial charge is 0.497 e. The molecule has 27 heavy (non-hydrogen) atoms. The number of hydrogen-bond acceptors (Lipinski definition) is 5. The van der Waals surface area contributed by atoms with Crippen LogP contribution in [0.5, 0.6) is 11.5 Å². The Kier molecular flexibility index (Phi) is 6.25. The topological polar surface area (TPSA) is 73.1 Å². The first-order valence-corrected chi connectivity index (χ1v) is 8.43. The molecule has 6 heteroatoms. The van der Waals surface area contributed by atoms with Gasteiger partial charge in [0.1, 0.15) is 17.3 Å². The van der Waals surface area contributed by atoms with Gasteiger partial charge in [0, 0.05) is 6.21 Å². The number of hydrogen-bond donors (Lipinski definition) is 1. The van der Waals surface area contributed by atoms with Crippen molar-refractivity contribution in [3.63, 3.8) is 0 Å². The van der Waals surface area contributed by atoms with Gasteiger partial charge >= 0.3 is 0 Å². The van der Waals surface area contributed by atoms with Crippen LogP contribution in [0.2, 0.25) is 0 Å². The van der Waals surface area contributed by atoms with E-state index in [4.69, 9.17) is 13.9 Å². The number of nitrogens with one attached hydrogen (secondary N) is 1. The Labute approximate surface area is 157 Å². The van der Waals surface area contributed by atoms with Crippen LogP contribution < -0.4 is 14.8 Å². The maximum absolute atomic E-state index is 11.8. The predicted molar refractivity (Wildman–Crippen MR) is 103 cm³/mol. The first-order chi connectivity index (χ1) is 13.2. The lowest BCUT2D eigenvalue weighted by Gasteiger charge is -2.06. The number of amides is 1. The first kappa shape index (κ1) is 18.3. The molecular formula is C21H20N2O4. The highest BCUT2D eigenvalue weighted by Crippen LogP contribution is 2.18. The van der Waals surface area contributed by atoms with Gasteiger partial charge in [-0.15, -0.1) is 0 Å². The number of ether oxygens (including phenoxy) is 2. The summed E-state index contributed by atoms with van der Waals surface area (Å²) in [7, 11) is 1.63. The summed E-state index contributed by atoms with van der Waals surface area (Å²) >= 11 is 0. The van der Waals surface area contributed by atoms with E-state index < -0.39 is 0 Å². The molecule has 0 atom stereocenters. The van der Waals surface area contributed by atoms with Crippen LogP contribution in [0.15, 0.2) is 76.3 Å². The second-order valence-electron chi connectivity index (χ2n) is 5.67. The molecule has 3 rings (SSSR count). The summed E-state index contributed by atoms with van der Waals surface area (Å²) in [6.07, 6.45) is 3.33. The Morgan fingerprint density at radius 3 is 2.48 bits per heavy atom. The SMILES string of the molecule is COc1ccc(N=Cc2ccc(OCC(=O)NCc3ccco3)cc2)cc1. The molecule has 0 saturated carbocycles. The Bertz CT molecular complexity index is 870. The van der Waals surface area contributed by atoms with Gasteiger partial charge in [-0.25, -0.2) is 0 Å². The van der Waals surface area contributed by atoms with Crippen molar-refractivity contribution in [1.29, 1.82) is 0 Å². The Balaban J connectivity index is 1.46. The smallest absolute Gasteiger partial charge is 0.258 e. The molecule has 1 amide bonds. The van der Waals surface area contributed by atoms with E-state index in [1.807, 2.05) is 36.4 Å². The normalized spacial score (nSPS) is 10.7. The minimum atomic E-state index is -0.212. The first-order valence-electron chi connectivity index (χ1n) is 8.43. The van der Waals surface area contributed by atoms with Gasteiger partial charge in [-0.2, -0.15) is 0 Å². The molecule has 0 spiro atoms. The van der Waals surface area contributed by atoms with Crippen molar-refractivity contribution >= 4 is 17.8 Å². The van der Waals surface area contributed by atoms with Gasteiger partial charge in [-0.1, -0.05) is 0 Å². The number of carbonyl (C=O) groups excluding carboxylic acids is 1. The molecule has 0 aliphatic rings.